The molecule has 0 aliphatic carbocycles. The fourth-order valence-electron chi connectivity index (χ4n) is 0.710. The highest BCUT2D eigenvalue weighted by Gasteiger charge is 1.94. The molecule has 0 bridgehead atoms. The zero-order valence-electron chi connectivity index (χ0n) is 4.97. The molecule has 0 unspecified atom stereocenters. The van der Waals surface area contributed by atoms with Crippen molar-refractivity contribution in [1.82, 2.24) is 19.6 Å². The van der Waals surface area contributed by atoms with E-state index in [0.717, 1.165) is 0 Å². The van der Waals surface area contributed by atoms with Gasteiger partial charge in [-0.3, -0.25) is 0 Å². The molecule has 2 heterocycles. The molecule has 0 aliphatic heterocycles. The third-order valence-electron chi connectivity index (χ3n) is 1.12. The van der Waals surface area contributed by atoms with Gasteiger partial charge in [0.2, 0.25) is 0 Å². The first-order valence-electron chi connectivity index (χ1n) is 2.70. The van der Waals surface area contributed by atoms with Crippen molar-refractivity contribution in [3.8, 4) is 5.75 Å². The maximum atomic E-state index is 8.90. The van der Waals surface area contributed by atoms with Crippen LogP contribution in [0.5, 0.6) is 5.75 Å². The van der Waals surface area contributed by atoms with Gasteiger partial charge >= 0.3 is 0 Å². The zero-order chi connectivity index (χ0) is 6.97. The molecule has 10 heavy (non-hydrogen) atoms. The summed E-state index contributed by atoms with van der Waals surface area (Å²) in [5.74, 6) is 0.566. The van der Waals surface area contributed by atoms with Gasteiger partial charge in [-0.2, -0.15) is 10.1 Å². The molecule has 0 amide bonds. The number of aromatic hydroxyl groups is 1. The Morgan fingerprint density at radius 1 is 1.40 bits per heavy atom. The topological polar surface area (TPSA) is 63.3 Å². The van der Waals surface area contributed by atoms with Gasteiger partial charge in [0.05, 0.1) is 12.4 Å². The van der Waals surface area contributed by atoms with Crippen molar-refractivity contribution in [2.75, 3.05) is 0 Å². The molecule has 5 heteroatoms. The molecule has 0 fully saturated rings. The van der Waals surface area contributed by atoms with Crippen molar-refractivity contribution in [2.24, 2.45) is 0 Å². The Balaban J connectivity index is 2.86. The smallest absolute Gasteiger partial charge is 0.252 e. The molecule has 2 aromatic heterocycles. The Morgan fingerprint density at radius 2 is 2.30 bits per heavy atom. The highest BCUT2D eigenvalue weighted by molar-refractivity contribution is 5.27. The number of fused-ring (bicyclic) bond motifs is 1. The Labute approximate surface area is 56.0 Å². The van der Waals surface area contributed by atoms with Crippen LogP contribution in [0.25, 0.3) is 5.78 Å². The molecule has 50 valence electrons. The monoisotopic (exact) mass is 136 g/mol. The van der Waals surface area contributed by atoms with Crippen molar-refractivity contribution in [3.05, 3.63) is 18.7 Å². The predicted octanol–water partition coefficient (Wildman–Crippen LogP) is -0.170. The summed E-state index contributed by atoms with van der Waals surface area (Å²) in [7, 11) is 0. The van der Waals surface area contributed by atoms with Gasteiger partial charge in [0, 0.05) is 0 Å². The first-order valence-corrected chi connectivity index (χ1v) is 2.70. The minimum atomic E-state index is 0.0815. The molecule has 2 rings (SSSR count). The predicted molar refractivity (Wildman–Crippen MR) is 32.4 cm³/mol. The largest absolute Gasteiger partial charge is 0.505 e. The van der Waals surface area contributed by atoms with E-state index in [4.69, 9.17) is 5.11 Å². The Hall–Kier alpha value is -1.65. The van der Waals surface area contributed by atoms with Crippen molar-refractivity contribution in [1.29, 1.82) is 0 Å². The van der Waals surface area contributed by atoms with Crippen LogP contribution in [0.4, 0.5) is 0 Å². The molecule has 0 aromatic carbocycles. The summed E-state index contributed by atoms with van der Waals surface area (Å²) in [6.07, 6.45) is 4.14. The highest BCUT2D eigenvalue weighted by atomic mass is 16.3. The number of nitrogens with zero attached hydrogens (tertiary/aromatic N) is 4. The molecule has 0 saturated heterocycles. The fraction of sp³-hybridized carbons (Fsp3) is 0. The van der Waals surface area contributed by atoms with Crippen molar-refractivity contribution < 1.29 is 5.11 Å². The number of rotatable bonds is 0. The molecule has 0 atom stereocenters. The molecule has 1 N–H and O–H groups in total. The van der Waals surface area contributed by atoms with E-state index < -0.39 is 0 Å². The highest BCUT2D eigenvalue weighted by Crippen LogP contribution is 2.03. The molecule has 2 aromatic rings. The lowest BCUT2D eigenvalue weighted by atomic mass is 10.6. The van der Waals surface area contributed by atoms with Gasteiger partial charge in [0.1, 0.15) is 6.33 Å². The summed E-state index contributed by atoms with van der Waals surface area (Å²) in [6, 6.07) is 0. The van der Waals surface area contributed by atoms with E-state index in [1.807, 2.05) is 0 Å². The molecule has 0 saturated carbocycles. The third-order valence-corrected chi connectivity index (χ3v) is 1.12. The average molecular weight is 136 g/mol. The van der Waals surface area contributed by atoms with Gasteiger partial charge in [0.15, 0.2) is 5.75 Å². The molecular formula is C5H4N4O. The second-order valence-electron chi connectivity index (χ2n) is 1.82. The first kappa shape index (κ1) is 5.16. The molecule has 0 radical (unpaired) electrons. The maximum Gasteiger partial charge on any atom is 0.252 e. The SMILES string of the molecule is Oc1cnc2ncnn2c1. The molecule has 0 aliphatic rings. The van der Waals surface area contributed by atoms with Gasteiger partial charge in [-0.1, -0.05) is 0 Å². The first-order chi connectivity index (χ1) is 4.86. The van der Waals surface area contributed by atoms with Crippen molar-refractivity contribution in [2.45, 2.75) is 0 Å². The lowest BCUT2D eigenvalue weighted by molar-refractivity contribution is 0.467. The third kappa shape index (κ3) is 0.604. The van der Waals surface area contributed by atoms with E-state index in [1.54, 1.807) is 0 Å². The quantitative estimate of drug-likeness (QED) is 0.546. The maximum absolute atomic E-state index is 8.90. The van der Waals surface area contributed by atoms with Gasteiger partial charge < -0.3 is 5.11 Å². The number of aromatic nitrogens is 4. The van der Waals surface area contributed by atoms with Gasteiger partial charge in [0.25, 0.3) is 5.78 Å². The second-order valence-corrected chi connectivity index (χ2v) is 1.82. The van der Waals surface area contributed by atoms with E-state index in [-0.39, 0.29) is 5.75 Å². The van der Waals surface area contributed by atoms with Gasteiger partial charge in [-0.05, 0) is 0 Å². The van der Waals surface area contributed by atoms with E-state index in [1.165, 1.54) is 23.2 Å². The van der Waals surface area contributed by atoms with E-state index in [2.05, 4.69) is 15.1 Å². The fourth-order valence-corrected chi connectivity index (χ4v) is 0.710. The molecular weight excluding hydrogens is 132 g/mol. The van der Waals surface area contributed by atoms with E-state index >= 15 is 0 Å². The summed E-state index contributed by atoms with van der Waals surface area (Å²) in [5.41, 5.74) is 0. The Morgan fingerprint density at radius 3 is 3.20 bits per heavy atom. The van der Waals surface area contributed by atoms with Crippen LogP contribution in [0.2, 0.25) is 0 Å². The summed E-state index contributed by atoms with van der Waals surface area (Å²) in [5, 5.41) is 12.7. The van der Waals surface area contributed by atoms with Gasteiger partial charge in [-0.15, -0.1) is 0 Å². The van der Waals surface area contributed by atoms with Gasteiger partial charge in [-0.25, -0.2) is 9.50 Å². The minimum Gasteiger partial charge on any atom is -0.505 e. The van der Waals surface area contributed by atoms with Crippen molar-refractivity contribution >= 4 is 5.78 Å². The van der Waals surface area contributed by atoms with E-state index in [0.29, 0.717) is 5.78 Å². The van der Waals surface area contributed by atoms with Crippen LogP contribution in [0.15, 0.2) is 18.7 Å². The number of hydrogen-bond acceptors (Lipinski definition) is 4. The summed E-state index contributed by atoms with van der Waals surface area (Å²) >= 11 is 0. The van der Waals surface area contributed by atoms with Crippen LogP contribution < -0.4 is 0 Å². The van der Waals surface area contributed by atoms with E-state index in [9.17, 15) is 0 Å². The van der Waals surface area contributed by atoms with Crippen LogP contribution in [0, 0.1) is 0 Å². The summed E-state index contributed by atoms with van der Waals surface area (Å²) in [4.78, 5) is 7.57. The Kier molecular flexibility index (Phi) is 0.858. The molecule has 5 nitrogen and oxygen atoms in total. The lowest BCUT2D eigenvalue weighted by Gasteiger charge is -1.89. The van der Waals surface area contributed by atoms with Crippen LogP contribution in [0.3, 0.4) is 0 Å². The zero-order valence-corrected chi connectivity index (χ0v) is 4.97. The standard InChI is InChI=1S/C5H4N4O/c10-4-1-6-5-7-3-8-9(5)2-4/h1-3,10H. The number of hydrogen-bond donors (Lipinski definition) is 1. The van der Waals surface area contributed by atoms with Crippen LogP contribution in [-0.4, -0.2) is 24.7 Å². The summed E-state index contributed by atoms with van der Waals surface area (Å²) < 4.78 is 1.40. The Bertz CT molecular complexity index is 355. The average Bonchev–Trinajstić information content (AvgIpc) is 2.33. The normalized spacial score (nSPS) is 10.4. The van der Waals surface area contributed by atoms with Crippen LogP contribution >= 0.6 is 0 Å². The lowest BCUT2D eigenvalue weighted by Crippen LogP contribution is -1.87. The van der Waals surface area contributed by atoms with Crippen molar-refractivity contribution in [3.63, 3.8) is 0 Å². The molecule has 0 spiro atoms. The van der Waals surface area contributed by atoms with Crippen LogP contribution in [-0.2, 0) is 0 Å². The summed E-state index contributed by atoms with van der Waals surface area (Å²) in [6.45, 7) is 0. The van der Waals surface area contributed by atoms with Crippen LogP contribution in [0.1, 0.15) is 0 Å². The minimum absolute atomic E-state index is 0.0815. The second kappa shape index (κ2) is 1.66.